The fourth-order valence-corrected chi connectivity index (χ4v) is 5.25. The molecule has 0 radical (unpaired) electrons. The SMILES string of the molecule is CC(C)c1noc(N2CCC(CCCOc3cnc(N4C[C@@H](N)[C@H](c5cc(F)c(F)cc5F)C4)nc3)CC2)n1.Cl. The van der Waals surface area contributed by atoms with Crippen LogP contribution in [-0.2, 0) is 0 Å². The van der Waals surface area contributed by atoms with E-state index >= 15 is 0 Å². The lowest BCUT2D eigenvalue weighted by Crippen LogP contribution is -2.34. The Kier molecular flexibility index (Phi) is 9.72. The van der Waals surface area contributed by atoms with E-state index in [1.165, 1.54) is 0 Å². The molecule has 0 saturated carbocycles. The van der Waals surface area contributed by atoms with Gasteiger partial charge in [-0.05, 0) is 43.2 Å². The Labute approximate surface area is 237 Å². The van der Waals surface area contributed by atoms with Crippen molar-refractivity contribution < 1.29 is 22.4 Å². The van der Waals surface area contributed by atoms with Gasteiger partial charge in [-0.2, -0.15) is 4.98 Å². The summed E-state index contributed by atoms with van der Waals surface area (Å²) in [4.78, 5) is 17.2. The van der Waals surface area contributed by atoms with Crippen molar-refractivity contribution in [1.29, 1.82) is 0 Å². The highest BCUT2D eigenvalue weighted by atomic mass is 35.5. The lowest BCUT2D eigenvalue weighted by atomic mass is 9.92. The number of ether oxygens (including phenoxy) is 1. The number of hydrogen-bond donors (Lipinski definition) is 1. The number of aromatic nitrogens is 4. The van der Waals surface area contributed by atoms with Crippen LogP contribution < -0.4 is 20.3 Å². The third-order valence-electron chi connectivity index (χ3n) is 7.56. The van der Waals surface area contributed by atoms with Crippen LogP contribution in [0.2, 0.25) is 0 Å². The summed E-state index contributed by atoms with van der Waals surface area (Å²) in [5, 5.41) is 4.05. The molecule has 2 aliphatic rings. The molecule has 2 aliphatic heterocycles. The van der Waals surface area contributed by atoms with E-state index in [2.05, 4.69) is 25.0 Å². The number of hydrogen-bond acceptors (Lipinski definition) is 9. The van der Waals surface area contributed by atoms with Gasteiger partial charge >= 0.3 is 6.01 Å². The maximum atomic E-state index is 14.3. The van der Waals surface area contributed by atoms with Gasteiger partial charge in [-0.3, -0.25) is 0 Å². The Morgan fingerprint density at radius 2 is 1.73 bits per heavy atom. The molecule has 0 amide bonds. The van der Waals surface area contributed by atoms with Gasteiger partial charge in [0.25, 0.3) is 0 Å². The molecule has 2 atom stereocenters. The number of anilines is 2. The van der Waals surface area contributed by atoms with Gasteiger partial charge < -0.3 is 24.8 Å². The summed E-state index contributed by atoms with van der Waals surface area (Å²) in [6.45, 7) is 7.14. The van der Waals surface area contributed by atoms with Crippen LogP contribution >= 0.6 is 12.4 Å². The van der Waals surface area contributed by atoms with Crippen LogP contribution in [-0.4, -0.2) is 58.9 Å². The molecular formula is C27H35ClF3N7O2. The highest BCUT2D eigenvalue weighted by molar-refractivity contribution is 5.85. The number of halogens is 4. The quantitative estimate of drug-likeness (QED) is 0.281. The van der Waals surface area contributed by atoms with E-state index in [9.17, 15) is 13.2 Å². The van der Waals surface area contributed by atoms with E-state index in [0.29, 0.717) is 49.4 Å². The maximum absolute atomic E-state index is 14.3. The zero-order valence-electron chi connectivity index (χ0n) is 22.6. The number of benzene rings is 1. The van der Waals surface area contributed by atoms with Gasteiger partial charge in [0.2, 0.25) is 5.95 Å². The van der Waals surface area contributed by atoms with E-state index in [-0.39, 0.29) is 23.9 Å². The van der Waals surface area contributed by atoms with Crippen molar-refractivity contribution in [2.24, 2.45) is 11.7 Å². The highest BCUT2D eigenvalue weighted by Crippen LogP contribution is 2.32. The largest absolute Gasteiger partial charge is 0.490 e. The normalized spacial score (nSPS) is 19.8. The minimum absolute atomic E-state index is 0. The van der Waals surface area contributed by atoms with Gasteiger partial charge in [0.05, 0.1) is 19.0 Å². The monoisotopic (exact) mass is 581 g/mol. The molecule has 40 heavy (non-hydrogen) atoms. The summed E-state index contributed by atoms with van der Waals surface area (Å²) in [6, 6.07) is 1.59. The van der Waals surface area contributed by atoms with Crippen LogP contribution in [0.15, 0.2) is 29.0 Å². The van der Waals surface area contributed by atoms with Crippen molar-refractivity contribution in [2.45, 2.75) is 57.4 Å². The maximum Gasteiger partial charge on any atom is 0.324 e. The molecule has 0 bridgehead atoms. The zero-order valence-corrected chi connectivity index (χ0v) is 23.4. The summed E-state index contributed by atoms with van der Waals surface area (Å²) >= 11 is 0. The molecule has 13 heteroatoms. The van der Waals surface area contributed by atoms with Crippen LogP contribution in [0.3, 0.4) is 0 Å². The van der Waals surface area contributed by atoms with Crippen molar-refractivity contribution in [3.05, 3.63) is 53.4 Å². The molecular weight excluding hydrogens is 547 g/mol. The summed E-state index contributed by atoms with van der Waals surface area (Å²) < 4.78 is 52.6. The molecule has 4 heterocycles. The molecule has 2 fully saturated rings. The molecule has 5 rings (SSSR count). The van der Waals surface area contributed by atoms with E-state index in [1.54, 1.807) is 12.4 Å². The number of piperidine rings is 1. The summed E-state index contributed by atoms with van der Waals surface area (Å²) in [6.07, 6.45) is 7.35. The Bertz CT molecular complexity index is 1260. The fraction of sp³-hybridized carbons (Fsp3) is 0.556. The van der Waals surface area contributed by atoms with E-state index in [4.69, 9.17) is 15.0 Å². The Morgan fingerprint density at radius 3 is 2.40 bits per heavy atom. The van der Waals surface area contributed by atoms with Crippen molar-refractivity contribution in [1.82, 2.24) is 20.1 Å². The minimum Gasteiger partial charge on any atom is -0.490 e. The first kappa shape index (κ1) is 29.9. The highest BCUT2D eigenvalue weighted by Gasteiger charge is 2.35. The van der Waals surface area contributed by atoms with Crippen LogP contribution in [0.4, 0.5) is 25.1 Å². The van der Waals surface area contributed by atoms with Crippen LogP contribution in [0.5, 0.6) is 5.75 Å². The fourth-order valence-electron chi connectivity index (χ4n) is 5.25. The second-order valence-corrected chi connectivity index (χ2v) is 10.7. The molecule has 3 aromatic rings. The molecule has 2 saturated heterocycles. The van der Waals surface area contributed by atoms with E-state index in [0.717, 1.165) is 50.7 Å². The van der Waals surface area contributed by atoms with Gasteiger partial charge in [-0.1, -0.05) is 19.0 Å². The number of nitrogens with zero attached hydrogens (tertiary/aromatic N) is 6. The smallest absolute Gasteiger partial charge is 0.324 e. The molecule has 0 aliphatic carbocycles. The van der Waals surface area contributed by atoms with Crippen molar-refractivity contribution in [3.8, 4) is 5.75 Å². The van der Waals surface area contributed by atoms with Crippen LogP contribution in [0.1, 0.15) is 62.8 Å². The molecule has 0 spiro atoms. The summed E-state index contributed by atoms with van der Waals surface area (Å²) in [5.74, 6) is -1.01. The van der Waals surface area contributed by atoms with Crippen molar-refractivity contribution in [2.75, 3.05) is 42.6 Å². The lowest BCUT2D eigenvalue weighted by Gasteiger charge is -2.30. The molecule has 2 N–H and O–H groups in total. The minimum atomic E-state index is -1.22. The van der Waals surface area contributed by atoms with Gasteiger partial charge in [-0.25, -0.2) is 23.1 Å². The van der Waals surface area contributed by atoms with Crippen molar-refractivity contribution >= 4 is 24.4 Å². The number of rotatable bonds is 9. The van der Waals surface area contributed by atoms with Gasteiger partial charge in [0.1, 0.15) is 5.82 Å². The molecule has 1 aromatic carbocycles. The van der Waals surface area contributed by atoms with Gasteiger partial charge in [0, 0.05) is 50.1 Å². The van der Waals surface area contributed by atoms with E-state index in [1.807, 2.05) is 18.7 Å². The summed E-state index contributed by atoms with van der Waals surface area (Å²) in [7, 11) is 0. The zero-order chi connectivity index (χ0) is 27.5. The topological polar surface area (TPSA) is 106 Å². The van der Waals surface area contributed by atoms with E-state index < -0.39 is 29.4 Å². The summed E-state index contributed by atoms with van der Waals surface area (Å²) in [5.41, 5.74) is 6.26. The molecule has 2 aromatic heterocycles. The first-order valence-corrected chi connectivity index (χ1v) is 13.5. The van der Waals surface area contributed by atoms with Crippen LogP contribution in [0, 0.1) is 23.4 Å². The Hall–Kier alpha value is -3.12. The average molecular weight is 582 g/mol. The second-order valence-electron chi connectivity index (χ2n) is 10.7. The third kappa shape index (κ3) is 6.77. The molecule has 0 unspecified atom stereocenters. The second kappa shape index (κ2) is 13.0. The van der Waals surface area contributed by atoms with Gasteiger partial charge in [-0.15, -0.1) is 12.4 Å². The number of nitrogens with two attached hydrogens (primary N) is 1. The predicted octanol–water partition coefficient (Wildman–Crippen LogP) is 4.83. The standard InChI is InChI=1S/C27H34F3N7O2.ClH/c1-16(2)25-34-27(39-35-25)36-7-5-17(6-8-36)4-3-9-38-18-12-32-26(33-13-18)37-14-20(24(31)15-37)19-10-22(29)23(30)11-21(19)28;/h10-13,16-17,20,24H,3-9,14-15,31H2,1-2H3;1H/t20-,24+;/m0./s1. The van der Waals surface area contributed by atoms with Gasteiger partial charge in [0.15, 0.2) is 23.2 Å². The third-order valence-corrected chi connectivity index (χ3v) is 7.56. The first-order chi connectivity index (χ1) is 18.8. The average Bonchev–Trinajstić information content (AvgIpc) is 3.57. The Balaban J connectivity index is 0.00000370. The molecule has 218 valence electrons. The predicted molar refractivity (Wildman–Crippen MR) is 147 cm³/mol. The molecule has 9 nitrogen and oxygen atoms in total. The first-order valence-electron chi connectivity index (χ1n) is 13.5. The van der Waals surface area contributed by atoms with Crippen molar-refractivity contribution in [3.63, 3.8) is 0 Å². The van der Waals surface area contributed by atoms with Crippen LogP contribution in [0.25, 0.3) is 0 Å². The lowest BCUT2D eigenvalue weighted by molar-refractivity contribution is 0.275. The Morgan fingerprint density at radius 1 is 1.02 bits per heavy atom.